The van der Waals surface area contributed by atoms with Crippen LogP contribution in [0.25, 0.3) is 0 Å². The zero-order valence-corrected chi connectivity index (χ0v) is 80.1. The summed E-state index contributed by atoms with van der Waals surface area (Å²) in [6.45, 7) is 12.6. The topological polar surface area (TPSA) is 412 Å². The van der Waals surface area contributed by atoms with Crippen molar-refractivity contribution in [1.82, 2.24) is 36.4 Å². The van der Waals surface area contributed by atoms with Crippen molar-refractivity contribution in [3.63, 3.8) is 0 Å². The molecule has 0 aliphatic carbocycles. The Morgan fingerprint density at radius 3 is 0.984 bits per heavy atom. The highest BCUT2D eigenvalue weighted by Gasteiger charge is 2.31. The Bertz CT molecular complexity index is 2560. The van der Waals surface area contributed by atoms with Gasteiger partial charge >= 0.3 is 11.9 Å². The van der Waals surface area contributed by atoms with Gasteiger partial charge in [0.25, 0.3) is 0 Å². The van der Waals surface area contributed by atoms with E-state index < -0.39 is 79.2 Å². The van der Waals surface area contributed by atoms with Crippen molar-refractivity contribution in [1.29, 1.82) is 0 Å². The number of esters is 2. The molecule has 0 aliphatic rings. The van der Waals surface area contributed by atoms with Crippen LogP contribution in [0.4, 0.5) is 0 Å². The van der Waals surface area contributed by atoms with Gasteiger partial charge in [0.15, 0.2) is 0 Å². The van der Waals surface area contributed by atoms with Crippen LogP contribution < -0.4 is 32.3 Å². The maximum Gasteiger partial charge on any atom is 0.306 e. The summed E-state index contributed by atoms with van der Waals surface area (Å²) in [6, 6.07) is -2.80. The summed E-state index contributed by atoms with van der Waals surface area (Å²) in [5, 5.41) is 14.0. The fraction of sp³-hybridized carbons (Fsp3) is 0.901. The number of carbonyl (C=O) groups excluding carboxylic acids is 9. The van der Waals surface area contributed by atoms with Crippen molar-refractivity contribution < 1.29 is 128 Å². The highest BCUT2D eigenvalue weighted by atomic mass is 32.2. The minimum atomic E-state index is -1.50. The first-order valence-corrected chi connectivity index (χ1v) is 48.8. The van der Waals surface area contributed by atoms with Crippen LogP contribution in [0.3, 0.4) is 0 Å². The second kappa shape index (κ2) is 96.9. The Hall–Kier alpha value is -5.10. The summed E-state index contributed by atoms with van der Waals surface area (Å²) in [4.78, 5) is 127. The number of methoxy groups -OCH3 is 4. The van der Waals surface area contributed by atoms with E-state index in [2.05, 4.69) is 40.4 Å². The van der Waals surface area contributed by atoms with Crippen LogP contribution >= 0.6 is 11.8 Å². The third kappa shape index (κ3) is 86.1. The van der Waals surface area contributed by atoms with Crippen molar-refractivity contribution in [3.8, 4) is 0 Å². The van der Waals surface area contributed by atoms with Crippen molar-refractivity contribution in [2.75, 3.05) is 284 Å². The van der Waals surface area contributed by atoms with E-state index in [1.54, 1.807) is 28.4 Å². The van der Waals surface area contributed by atoms with E-state index in [4.69, 9.17) is 91.0 Å². The van der Waals surface area contributed by atoms with Gasteiger partial charge in [0.1, 0.15) is 18.8 Å². The smallest absolute Gasteiger partial charge is 0.306 e. The van der Waals surface area contributed by atoms with E-state index in [9.17, 15) is 38.4 Å². The lowest BCUT2D eigenvalue weighted by atomic mass is 10.0. The molecule has 7 amide bonds. The molecule has 0 radical (unpaired) electrons. The average molecular weight is 1840 g/mol. The number of thioether (sulfide) groups is 1. The van der Waals surface area contributed by atoms with Crippen LogP contribution in [0.15, 0.2) is 0 Å². The predicted molar refractivity (Wildman–Crippen MR) is 489 cm³/mol. The SMILES string of the molecule is CCCCCCCCCCCCCCCC(=O)OCC(CSCC(N)C(=O)NC(CCC(=O)N(CCOCCOCCOCCOC)CC(=O)NCCCC(=O)NCCOCCOCCOCCOC)C(=O)N(CCOCCOCCOCCOC)CC(=O)NCCCC(=O)NCCOCCOCCOCCOC)OC(=O)CCCCCCCCCCCCCCC. The average Bonchev–Trinajstić information content (AvgIpc) is 0.857. The summed E-state index contributed by atoms with van der Waals surface area (Å²) in [6.07, 6.45) is 29.5. The lowest BCUT2D eigenvalue weighted by molar-refractivity contribution is -0.157. The molecule has 0 heterocycles. The molecule has 0 bridgehead atoms. The van der Waals surface area contributed by atoms with Gasteiger partial charge in [0.05, 0.1) is 204 Å². The Morgan fingerprint density at radius 1 is 0.315 bits per heavy atom. The summed E-state index contributed by atoms with van der Waals surface area (Å²) in [7, 11) is 6.36. The van der Waals surface area contributed by atoms with Crippen molar-refractivity contribution >= 4 is 65.1 Å². The Labute approximate surface area is 766 Å². The molecule has 0 fully saturated rings. The third-order valence-corrected chi connectivity index (χ3v) is 21.1. The molecule has 3 atom stereocenters. The summed E-state index contributed by atoms with van der Waals surface area (Å²) in [5.41, 5.74) is 6.70. The normalized spacial score (nSPS) is 12.1. The largest absolute Gasteiger partial charge is 0.462 e. The molecule has 36 heteroatoms. The number of rotatable bonds is 101. The Morgan fingerprint density at radius 2 is 0.622 bits per heavy atom. The van der Waals surface area contributed by atoms with Crippen LogP contribution in [0, 0.1) is 0 Å². The van der Waals surface area contributed by atoms with E-state index in [0.29, 0.717) is 138 Å². The highest BCUT2D eigenvalue weighted by Crippen LogP contribution is 2.18. The molecular formula is C91H174N8O27S. The van der Waals surface area contributed by atoms with Gasteiger partial charge in [-0.1, -0.05) is 168 Å². The van der Waals surface area contributed by atoms with E-state index in [0.717, 1.165) is 44.9 Å². The lowest BCUT2D eigenvalue weighted by Gasteiger charge is -2.29. The van der Waals surface area contributed by atoms with Crippen LogP contribution in [0.1, 0.15) is 232 Å². The molecule has 127 heavy (non-hydrogen) atoms. The van der Waals surface area contributed by atoms with Gasteiger partial charge in [-0.15, -0.1) is 0 Å². The van der Waals surface area contributed by atoms with Gasteiger partial charge < -0.3 is 127 Å². The van der Waals surface area contributed by atoms with Crippen molar-refractivity contribution in [2.24, 2.45) is 5.73 Å². The maximum absolute atomic E-state index is 15.3. The minimum absolute atomic E-state index is 0.0268. The fourth-order valence-electron chi connectivity index (χ4n) is 12.5. The number of hydrogen-bond donors (Lipinski definition) is 6. The first-order valence-electron chi connectivity index (χ1n) is 47.7. The van der Waals surface area contributed by atoms with Gasteiger partial charge in [-0.25, -0.2) is 0 Å². The van der Waals surface area contributed by atoms with Crippen LogP contribution in [-0.2, 0) is 128 Å². The number of carbonyl (C=O) groups is 9. The zero-order chi connectivity index (χ0) is 92.7. The molecule has 746 valence electrons. The first kappa shape index (κ1) is 122. The van der Waals surface area contributed by atoms with E-state index >= 15 is 4.79 Å². The molecule has 0 aliphatic heterocycles. The summed E-state index contributed by atoms with van der Waals surface area (Å²) in [5.74, 6) is -4.58. The van der Waals surface area contributed by atoms with Crippen LogP contribution in [0.5, 0.6) is 0 Å². The number of nitrogens with zero attached hydrogens (tertiary/aromatic N) is 2. The van der Waals surface area contributed by atoms with Crippen LogP contribution in [0.2, 0.25) is 0 Å². The monoisotopic (exact) mass is 1840 g/mol. The Kier molecular flexibility index (Phi) is 93.0. The molecule has 0 aromatic heterocycles. The van der Waals surface area contributed by atoms with Gasteiger partial charge in [0.2, 0.25) is 41.4 Å². The standard InChI is InChI=1S/C91H174N8O27S/c1-7-9-11-13-15-17-19-21-23-25-27-29-31-37-88(105)125-77-80(126-89(106)38-32-30-28-26-24-22-20-18-16-14-12-10-8-2)78-127-79-81(92)90(107)97-82(91(108)99(46-50-116-62-66-124-74-70-120-58-54-112-6)76-86(103)94-42-34-36-84(101)96-44-48-114-60-64-122-72-68-118-56-52-110-4)39-40-87(104)98(45-49-115-61-65-123-73-69-119-57-53-111-5)75-85(102)93-41-33-35-83(100)95-43-47-113-59-63-121-71-67-117-55-51-109-3/h80-82H,7-79,92H2,1-6H3,(H,93,102)(H,94,103)(H,95,100)(H,96,101)(H,97,107). The number of hydrogen-bond acceptors (Lipinski definition) is 29. The molecule has 0 spiro atoms. The van der Waals surface area contributed by atoms with Gasteiger partial charge in [0, 0.05) is 111 Å². The lowest BCUT2D eigenvalue weighted by Crippen LogP contribution is -2.55. The van der Waals surface area contributed by atoms with Crippen molar-refractivity contribution in [3.05, 3.63) is 0 Å². The molecular weight excluding hydrogens is 1670 g/mol. The molecule has 7 N–H and O–H groups in total. The van der Waals surface area contributed by atoms with Gasteiger partial charge in [-0.3, -0.25) is 43.2 Å². The van der Waals surface area contributed by atoms with E-state index in [1.807, 2.05) is 0 Å². The van der Waals surface area contributed by atoms with Crippen LogP contribution in [-0.4, -0.2) is 365 Å². The second-order valence-electron chi connectivity index (χ2n) is 31.0. The number of amides is 7. The second-order valence-corrected chi connectivity index (χ2v) is 32.1. The molecule has 0 aromatic carbocycles. The number of ether oxygens (including phenoxy) is 18. The summed E-state index contributed by atoms with van der Waals surface area (Å²) >= 11 is 1.19. The number of nitrogens with two attached hydrogens (primary N) is 1. The molecule has 35 nitrogen and oxygen atoms in total. The van der Waals surface area contributed by atoms with Gasteiger partial charge in [-0.2, -0.15) is 11.8 Å². The number of unbranched alkanes of at least 4 members (excludes halogenated alkanes) is 24. The van der Waals surface area contributed by atoms with Crippen molar-refractivity contribution in [2.45, 2.75) is 250 Å². The quantitative estimate of drug-likeness (QED) is 0.0247. The Balaban J connectivity index is 6.88. The minimum Gasteiger partial charge on any atom is -0.462 e. The maximum atomic E-state index is 15.3. The first-order chi connectivity index (χ1) is 62.1. The zero-order valence-electron chi connectivity index (χ0n) is 79.3. The van der Waals surface area contributed by atoms with E-state index in [1.165, 1.54) is 131 Å². The fourth-order valence-corrected chi connectivity index (χ4v) is 13.5. The molecule has 0 rings (SSSR count). The summed E-state index contributed by atoms with van der Waals surface area (Å²) < 4.78 is 98.7. The number of nitrogens with one attached hydrogen (secondary N) is 5. The van der Waals surface area contributed by atoms with E-state index in [-0.39, 0.29) is 174 Å². The molecule has 0 saturated carbocycles. The molecule has 0 saturated heterocycles. The molecule has 3 unspecified atom stereocenters. The third-order valence-electron chi connectivity index (χ3n) is 19.9. The predicted octanol–water partition coefficient (Wildman–Crippen LogP) is 8.20. The van der Waals surface area contributed by atoms with Gasteiger partial charge in [-0.05, 0) is 32.1 Å². The highest BCUT2D eigenvalue weighted by molar-refractivity contribution is 7.99. The molecule has 0 aromatic rings.